The van der Waals surface area contributed by atoms with Crippen LogP contribution in [-0.2, 0) is 4.79 Å². The summed E-state index contributed by atoms with van der Waals surface area (Å²) in [5, 5.41) is 9.51. The van der Waals surface area contributed by atoms with Crippen molar-refractivity contribution in [2.45, 2.75) is 25.3 Å². The number of carboxylic acids is 1. The highest BCUT2D eigenvalue weighted by molar-refractivity contribution is 6.30. The van der Waals surface area contributed by atoms with Gasteiger partial charge in [-0.25, -0.2) is 0 Å². The number of hydrogen-bond donors (Lipinski definition) is 1. The zero-order chi connectivity index (χ0) is 18.4. The van der Waals surface area contributed by atoms with Gasteiger partial charge in [0.15, 0.2) is 0 Å². The Balaban J connectivity index is 0.00000261. The van der Waals surface area contributed by atoms with Crippen LogP contribution in [-0.4, -0.2) is 41.7 Å². The second-order valence-electron chi connectivity index (χ2n) is 6.31. The maximum atomic E-state index is 10.7. The average molecular weight is 412 g/mol. The minimum Gasteiger partial charge on any atom is -0.492 e. The Kier molecular flexibility index (Phi) is 8.23. The highest BCUT2D eigenvalue weighted by atomic mass is 35.5. The van der Waals surface area contributed by atoms with E-state index in [0.29, 0.717) is 18.2 Å². The molecule has 0 aliphatic carbocycles. The molecule has 2 aromatic carbocycles. The monoisotopic (exact) mass is 411 g/mol. The topological polar surface area (TPSA) is 59.0 Å². The number of nitrogens with zero attached hydrogens (tertiary/aromatic N) is 1. The molecule has 0 saturated carbocycles. The molecule has 0 amide bonds. The fourth-order valence-electron chi connectivity index (χ4n) is 3.05. The number of benzene rings is 2. The Labute approximate surface area is 170 Å². The van der Waals surface area contributed by atoms with Gasteiger partial charge in [0.25, 0.3) is 0 Å². The number of halogens is 2. The highest BCUT2D eigenvalue weighted by Gasteiger charge is 2.25. The standard InChI is InChI=1S/C20H22ClNO4.ClH/c21-15-3-5-18(6-4-15)26-19-9-7-17(8-10-19)25-14-16-2-1-12-22(16)13-11-20(23)24;/h3-10,16H,1-2,11-14H2,(H,23,24);1H. The summed E-state index contributed by atoms with van der Waals surface area (Å²) in [7, 11) is 0. The van der Waals surface area contributed by atoms with Crippen LogP contribution in [0.2, 0.25) is 5.02 Å². The van der Waals surface area contributed by atoms with E-state index in [0.717, 1.165) is 36.6 Å². The van der Waals surface area contributed by atoms with Crippen LogP contribution < -0.4 is 9.47 Å². The molecule has 3 rings (SSSR count). The minimum atomic E-state index is -0.757. The van der Waals surface area contributed by atoms with E-state index in [9.17, 15) is 4.79 Å². The van der Waals surface area contributed by atoms with E-state index in [1.165, 1.54) is 0 Å². The molecule has 0 bridgehead atoms. The van der Waals surface area contributed by atoms with Gasteiger partial charge in [0.2, 0.25) is 0 Å². The van der Waals surface area contributed by atoms with Crippen molar-refractivity contribution in [2.24, 2.45) is 0 Å². The normalized spacial score (nSPS) is 16.6. The van der Waals surface area contributed by atoms with Crippen LogP contribution in [0.1, 0.15) is 19.3 Å². The van der Waals surface area contributed by atoms with E-state index in [1.807, 2.05) is 36.4 Å². The number of ether oxygens (including phenoxy) is 2. The Morgan fingerprint density at radius 1 is 1.07 bits per heavy atom. The van der Waals surface area contributed by atoms with Gasteiger partial charge in [-0.3, -0.25) is 9.69 Å². The van der Waals surface area contributed by atoms with E-state index in [4.69, 9.17) is 26.2 Å². The molecule has 1 fully saturated rings. The number of rotatable bonds is 8. The van der Waals surface area contributed by atoms with Crippen LogP contribution in [0, 0.1) is 0 Å². The van der Waals surface area contributed by atoms with Gasteiger partial charge in [-0.1, -0.05) is 11.6 Å². The average Bonchev–Trinajstić information content (AvgIpc) is 3.09. The minimum absolute atomic E-state index is 0. The van der Waals surface area contributed by atoms with Crippen LogP contribution in [0.25, 0.3) is 0 Å². The lowest BCUT2D eigenvalue weighted by molar-refractivity contribution is -0.137. The fourth-order valence-corrected chi connectivity index (χ4v) is 3.18. The van der Waals surface area contributed by atoms with Gasteiger partial charge in [-0.15, -0.1) is 12.4 Å². The number of carboxylic acid groups (broad SMARTS) is 1. The lowest BCUT2D eigenvalue weighted by Gasteiger charge is -2.23. The largest absolute Gasteiger partial charge is 0.492 e. The molecule has 1 N–H and O–H groups in total. The van der Waals surface area contributed by atoms with E-state index < -0.39 is 5.97 Å². The number of likely N-dealkylation sites (tertiary alicyclic amines) is 1. The second-order valence-corrected chi connectivity index (χ2v) is 6.75. The first-order valence-corrected chi connectivity index (χ1v) is 9.10. The molecule has 1 aliphatic heterocycles. The van der Waals surface area contributed by atoms with Crippen LogP contribution in [0.15, 0.2) is 48.5 Å². The van der Waals surface area contributed by atoms with Crippen LogP contribution >= 0.6 is 24.0 Å². The highest BCUT2D eigenvalue weighted by Crippen LogP contribution is 2.26. The Morgan fingerprint density at radius 2 is 1.67 bits per heavy atom. The van der Waals surface area contributed by atoms with Crippen molar-refractivity contribution < 1.29 is 19.4 Å². The zero-order valence-corrected chi connectivity index (χ0v) is 16.4. The molecule has 0 aromatic heterocycles. The van der Waals surface area contributed by atoms with Crippen LogP contribution in [0.5, 0.6) is 17.2 Å². The van der Waals surface area contributed by atoms with Crippen molar-refractivity contribution in [2.75, 3.05) is 19.7 Å². The molecule has 0 spiro atoms. The van der Waals surface area contributed by atoms with Gasteiger partial charge >= 0.3 is 5.97 Å². The molecule has 146 valence electrons. The maximum Gasteiger partial charge on any atom is 0.304 e. The molecule has 2 aromatic rings. The maximum absolute atomic E-state index is 10.7. The molecular formula is C20H23Cl2NO4. The van der Waals surface area contributed by atoms with Gasteiger partial charge < -0.3 is 14.6 Å². The van der Waals surface area contributed by atoms with Gasteiger partial charge in [-0.05, 0) is 67.9 Å². The summed E-state index contributed by atoms with van der Waals surface area (Å²) >= 11 is 5.86. The van der Waals surface area contributed by atoms with Crippen molar-refractivity contribution >= 4 is 30.0 Å². The molecule has 1 saturated heterocycles. The fraction of sp³-hybridized carbons (Fsp3) is 0.350. The predicted octanol–water partition coefficient (Wildman–Crippen LogP) is 4.87. The molecule has 0 radical (unpaired) electrons. The third-order valence-corrected chi connectivity index (χ3v) is 4.68. The van der Waals surface area contributed by atoms with Crippen molar-refractivity contribution in [1.82, 2.24) is 4.90 Å². The summed E-state index contributed by atoms with van der Waals surface area (Å²) in [5.41, 5.74) is 0. The van der Waals surface area contributed by atoms with E-state index in [2.05, 4.69) is 4.90 Å². The van der Waals surface area contributed by atoms with Crippen molar-refractivity contribution in [3.8, 4) is 17.2 Å². The number of aliphatic carboxylic acids is 1. The van der Waals surface area contributed by atoms with Gasteiger partial charge in [0, 0.05) is 17.6 Å². The molecule has 1 heterocycles. The van der Waals surface area contributed by atoms with Gasteiger partial charge in [0.05, 0.1) is 6.42 Å². The summed E-state index contributed by atoms with van der Waals surface area (Å²) < 4.78 is 11.6. The smallest absolute Gasteiger partial charge is 0.304 e. The van der Waals surface area contributed by atoms with Crippen molar-refractivity contribution in [3.63, 3.8) is 0 Å². The first-order chi connectivity index (χ1) is 12.6. The molecule has 7 heteroatoms. The number of hydrogen-bond acceptors (Lipinski definition) is 4. The molecular weight excluding hydrogens is 389 g/mol. The SMILES string of the molecule is Cl.O=C(O)CCN1CCCC1COc1ccc(Oc2ccc(Cl)cc2)cc1. The Bertz CT molecular complexity index is 722. The summed E-state index contributed by atoms with van der Waals surface area (Å²) in [6.45, 7) is 2.09. The second kappa shape index (κ2) is 10.4. The Morgan fingerprint density at radius 3 is 2.30 bits per heavy atom. The van der Waals surface area contributed by atoms with E-state index in [1.54, 1.807) is 12.1 Å². The molecule has 27 heavy (non-hydrogen) atoms. The van der Waals surface area contributed by atoms with E-state index in [-0.39, 0.29) is 24.9 Å². The summed E-state index contributed by atoms with van der Waals surface area (Å²) in [5.74, 6) is 1.47. The van der Waals surface area contributed by atoms with Crippen LogP contribution in [0.3, 0.4) is 0 Å². The van der Waals surface area contributed by atoms with Crippen molar-refractivity contribution in [3.05, 3.63) is 53.6 Å². The molecule has 5 nitrogen and oxygen atoms in total. The van der Waals surface area contributed by atoms with Gasteiger partial charge in [-0.2, -0.15) is 0 Å². The molecule has 1 aliphatic rings. The van der Waals surface area contributed by atoms with Crippen molar-refractivity contribution in [1.29, 1.82) is 0 Å². The first-order valence-electron chi connectivity index (χ1n) is 8.72. The predicted molar refractivity (Wildman–Crippen MR) is 108 cm³/mol. The summed E-state index contributed by atoms with van der Waals surface area (Å²) in [4.78, 5) is 12.9. The van der Waals surface area contributed by atoms with E-state index >= 15 is 0 Å². The third kappa shape index (κ3) is 6.61. The zero-order valence-electron chi connectivity index (χ0n) is 14.8. The quantitative estimate of drug-likeness (QED) is 0.670. The van der Waals surface area contributed by atoms with Crippen LogP contribution in [0.4, 0.5) is 0 Å². The summed E-state index contributed by atoms with van der Waals surface area (Å²) in [6, 6.07) is 15.0. The molecule has 1 atom stereocenters. The Hall–Kier alpha value is -1.95. The third-order valence-electron chi connectivity index (χ3n) is 4.43. The molecule has 1 unspecified atom stereocenters. The first kappa shape index (κ1) is 21.4. The summed E-state index contributed by atoms with van der Waals surface area (Å²) in [6.07, 6.45) is 2.30. The lowest BCUT2D eigenvalue weighted by atomic mass is 10.2. The van der Waals surface area contributed by atoms with Gasteiger partial charge in [0.1, 0.15) is 23.9 Å². The lowest BCUT2D eigenvalue weighted by Crippen LogP contribution is -2.35. The number of carbonyl (C=O) groups is 1.